The van der Waals surface area contributed by atoms with E-state index in [2.05, 4.69) is 0 Å². The van der Waals surface area contributed by atoms with Gasteiger partial charge in [-0.1, -0.05) is 26.0 Å². The van der Waals surface area contributed by atoms with Crippen molar-refractivity contribution in [3.8, 4) is 17.6 Å². The van der Waals surface area contributed by atoms with Gasteiger partial charge in [0.25, 0.3) is 0 Å². The Kier molecular flexibility index (Phi) is 5.36. The van der Waals surface area contributed by atoms with Gasteiger partial charge in [0.05, 0.1) is 24.7 Å². The number of methoxy groups -OCH3 is 1. The summed E-state index contributed by atoms with van der Waals surface area (Å²) < 4.78 is 34.9. The zero-order valence-corrected chi connectivity index (χ0v) is 18.4. The number of benzene rings is 2. The number of ether oxygens (including phenoxy) is 1. The van der Waals surface area contributed by atoms with Crippen LogP contribution in [-0.2, 0) is 4.79 Å². The number of hydrogen-bond acceptors (Lipinski definition) is 6. The molecule has 0 amide bonds. The van der Waals surface area contributed by atoms with E-state index in [9.17, 15) is 23.9 Å². The maximum absolute atomic E-state index is 14.9. The van der Waals surface area contributed by atoms with E-state index in [0.717, 1.165) is 12.1 Å². The van der Waals surface area contributed by atoms with Crippen molar-refractivity contribution < 1.29 is 23.4 Å². The summed E-state index contributed by atoms with van der Waals surface area (Å²) in [7, 11) is 1.39. The number of rotatable bonds is 3. The van der Waals surface area contributed by atoms with Gasteiger partial charge in [-0.05, 0) is 41.7 Å². The molecule has 1 aliphatic carbocycles. The van der Waals surface area contributed by atoms with Crippen LogP contribution in [0.2, 0.25) is 0 Å². The number of carbonyl (C=O) groups excluding carboxylic acids is 1. The highest BCUT2D eigenvalue weighted by molar-refractivity contribution is 6.01. The lowest BCUT2D eigenvalue weighted by Crippen LogP contribution is -2.42. The van der Waals surface area contributed by atoms with E-state index in [4.69, 9.17) is 10.5 Å². The second kappa shape index (κ2) is 7.93. The SMILES string of the molecule is COc1cc([C@@H]2C(C#N)=C(N)N(c3c(F)cccc3F)C3=C2C(=O)CC(C)(C)C3)ccc1O. The second-order valence-electron chi connectivity index (χ2n) is 8.98. The Morgan fingerprint density at radius 3 is 2.48 bits per heavy atom. The van der Waals surface area contributed by atoms with Crippen LogP contribution in [0.15, 0.2) is 59.1 Å². The molecular formula is C25H23F2N3O3. The highest BCUT2D eigenvalue weighted by Crippen LogP contribution is 2.51. The average Bonchev–Trinajstić information content (AvgIpc) is 2.74. The predicted molar refractivity (Wildman–Crippen MR) is 118 cm³/mol. The number of para-hydroxylation sites is 1. The molecule has 33 heavy (non-hydrogen) atoms. The van der Waals surface area contributed by atoms with Gasteiger partial charge in [0.2, 0.25) is 0 Å². The van der Waals surface area contributed by atoms with Crippen molar-refractivity contribution in [2.24, 2.45) is 11.1 Å². The molecule has 170 valence electrons. The average molecular weight is 451 g/mol. The van der Waals surface area contributed by atoms with Crippen LogP contribution < -0.4 is 15.4 Å². The van der Waals surface area contributed by atoms with Gasteiger partial charge in [-0.2, -0.15) is 5.26 Å². The topological polar surface area (TPSA) is 99.6 Å². The number of nitrogens with zero attached hydrogens (tertiary/aromatic N) is 2. The van der Waals surface area contributed by atoms with Crippen molar-refractivity contribution in [2.45, 2.75) is 32.6 Å². The van der Waals surface area contributed by atoms with Gasteiger partial charge in [0.1, 0.15) is 23.1 Å². The number of halogens is 2. The van der Waals surface area contributed by atoms with Crippen LogP contribution in [0.5, 0.6) is 11.5 Å². The van der Waals surface area contributed by atoms with E-state index in [0.29, 0.717) is 17.7 Å². The zero-order chi connectivity index (χ0) is 24.1. The second-order valence-corrected chi connectivity index (χ2v) is 8.98. The van der Waals surface area contributed by atoms with Crippen molar-refractivity contribution in [3.05, 3.63) is 76.3 Å². The van der Waals surface area contributed by atoms with Crippen LogP contribution >= 0.6 is 0 Å². The normalized spacial score (nSPS) is 19.9. The lowest BCUT2D eigenvalue weighted by molar-refractivity contribution is -0.118. The number of ketones is 1. The number of anilines is 1. The Bertz CT molecular complexity index is 1250. The van der Waals surface area contributed by atoms with Crippen molar-refractivity contribution >= 4 is 11.5 Å². The lowest BCUT2D eigenvalue weighted by atomic mass is 9.68. The third kappa shape index (κ3) is 3.59. The molecule has 1 heterocycles. The zero-order valence-electron chi connectivity index (χ0n) is 18.4. The van der Waals surface area contributed by atoms with E-state index in [1.807, 2.05) is 19.9 Å². The monoisotopic (exact) mass is 451 g/mol. The fourth-order valence-corrected chi connectivity index (χ4v) is 4.67. The first-order valence-electron chi connectivity index (χ1n) is 10.4. The summed E-state index contributed by atoms with van der Waals surface area (Å²) in [5.74, 6) is -2.91. The van der Waals surface area contributed by atoms with E-state index in [1.54, 1.807) is 6.07 Å². The minimum atomic E-state index is -0.866. The number of nitrogens with two attached hydrogens (primary N) is 1. The molecule has 3 N–H and O–H groups in total. The fourth-order valence-electron chi connectivity index (χ4n) is 4.67. The van der Waals surface area contributed by atoms with Crippen LogP contribution in [0.4, 0.5) is 14.5 Å². The number of nitriles is 1. The number of carbonyl (C=O) groups is 1. The highest BCUT2D eigenvalue weighted by Gasteiger charge is 2.45. The van der Waals surface area contributed by atoms with Gasteiger partial charge in [-0.15, -0.1) is 0 Å². The summed E-state index contributed by atoms with van der Waals surface area (Å²) in [6.45, 7) is 3.78. The van der Waals surface area contributed by atoms with Crippen molar-refractivity contribution in [1.82, 2.24) is 0 Å². The number of phenols is 1. The molecule has 0 unspecified atom stereocenters. The Hall–Kier alpha value is -3.86. The quantitative estimate of drug-likeness (QED) is 0.707. The molecule has 0 fully saturated rings. The minimum absolute atomic E-state index is 0.0165. The van der Waals surface area contributed by atoms with Gasteiger partial charge < -0.3 is 15.6 Å². The maximum atomic E-state index is 14.9. The van der Waals surface area contributed by atoms with E-state index in [1.165, 1.54) is 30.2 Å². The van der Waals surface area contributed by atoms with E-state index < -0.39 is 28.7 Å². The summed E-state index contributed by atoms with van der Waals surface area (Å²) in [6, 6.07) is 9.99. The molecule has 2 aromatic rings. The molecule has 0 saturated carbocycles. The molecular weight excluding hydrogens is 428 g/mol. The molecule has 2 aliphatic rings. The van der Waals surface area contributed by atoms with Crippen LogP contribution in [0.25, 0.3) is 0 Å². The third-order valence-electron chi connectivity index (χ3n) is 6.08. The molecule has 2 aromatic carbocycles. The van der Waals surface area contributed by atoms with Crippen LogP contribution in [0.1, 0.15) is 38.2 Å². The van der Waals surface area contributed by atoms with Gasteiger partial charge in [0, 0.05) is 17.7 Å². The maximum Gasteiger partial charge on any atom is 0.162 e. The van der Waals surface area contributed by atoms with E-state index >= 15 is 0 Å². The molecule has 1 atom stereocenters. The first kappa shape index (κ1) is 22.3. The molecule has 4 rings (SSSR count). The van der Waals surface area contributed by atoms with Gasteiger partial charge >= 0.3 is 0 Å². The third-order valence-corrected chi connectivity index (χ3v) is 6.08. The summed E-state index contributed by atoms with van der Waals surface area (Å²) in [5, 5.41) is 20.1. The molecule has 0 aromatic heterocycles. The molecule has 0 radical (unpaired) electrons. The smallest absolute Gasteiger partial charge is 0.162 e. The molecule has 1 aliphatic heterocycles. The van der Waals surface area contributed by atoms with Crippen molar-refractivity contribution in [2.75, 3.05) is 12.0 Å². The molecule has 8 heteroatoms. The van der Waals surface area contributed by atoms with Gasteiger partial charge in [-0.25, -0.2) is 8.78 Å². The summed E-state index contributed by atoms with van der Waals surface area (Å²) in [5.41, 5.74) is 6.58. The lowest BCUT2D eigenvalue weighted by Gasteiger charge is -2.43. The molecule has 6 nitrogen and oxygen atoms in total. The number of hydrogen-bond donors (Lipinski definition) is 2. The number of allylic oxidation sites excluding steroid dienone is 3. The van der Waals surface area contributed by atoms with Gasteiger partial charge in [-0.3, -0.25) is 9.69 Å². The number of phenolic OH excluding ortho intramolecular Hbond substituents is 1. The molecule has 0 saturated heterocycles. The van der Waals surface area contributed by atoms with Crippen LogP contribution in [0, 0.1) is 28.4 Å². The number of Topliss-reactive ketones (excluding diaryl/α,β-unsaturated/α-hetero) is 1. The van der Waals surface area contributed by atoms with Crippen LogP contribution in [-0.4, -0.2) is 18.0 Å². The Labute approximate surface area is 190 Å². The molecule has 0 bridgehead atoms. The Morgan fingerprint density at radius 2 is 1.88 bits per heavy atom. The van der Waals surface area contributed by atoms with E-state index in [-0.39, 0.29) is 40.7 Å². The summed E-state index contributed by atoms with van der Waals surface area (Å²) in [4.78, 5) is 14.6. The summed E-state index contributed by atoms with van der Waals surface area (Å²) >= 11 is 0. The first-order valence-corrected chi connectivity index (χ1v) is 10.4. The van der Waals surface area contributed by atoms with Crippen molar-refractivity contribution in [3.63, 3.8) is 0 Å². The Balaban J connectivity index is 2.05. The number of aromatic hydroxyl groups is 1. The summed E-state index contributed by atoms with van der Waals surface area (Å²) in [6.07, 6.45) is 0.511. The highest BCUT2D eigenvalue weighted by atomic mass is 19.1. The Morgan fingerprint density at radius 1 is 1.21 bits per heavy atom. The standard InChI is InChI=1S/C25H23F2N3O3/c1-25(2)10-17-22(19(32)11-25)21(13-7-8-18(31)20(9-13)33-3)14(12-28)24(29)30(17)23-15(26)5-4-6-16(23)27/h4-9,21,31H,10-11,29H2,1-3H3/t21-/m1/s1. The minimum Gasteiger partial charge on any atom is -0.504 e. The largest absolute Gasteiger partial charge is 0.504 e. The van der Waals surface area contributed by atoms with Crippen molar-refractivity contribution in [1.29, 1.82) is 5.26 Å². The van der Waals surface area contributed by atoms with Crippen LogP contribution in [0.3, 0.4) is 0 Å². The fraction of sp³-hybridized carbons (Fsp3) is 0.280. The molecule has 0 spiro atoms. The first-order chi connectivity index (χ1) is 15.6. The van der Waals surface area contributed by atoms with Gasteiger partial charge in [0.15, 0.2) is 17.3 Å². The predicted octanol–water partition coefficient (Wildman–Crippen LogP) is 4.62.